The van der Waals surface area contributed by atoms with E-state index in [1.165, 1.54) is 11.3 Å². The number of benzene rings is 1. The van der Waals surface area contributed by atoms with Gasteiger partial charge in [0.05, 0.1) is 0 Å². The van der Waals surface area contributed by atoms with Gasteiger partial charge in [0.2, 0.25) is 0 Å². The third-order valence-corrected chi connectivity index (χ3v) is 4.49. The van der Waals surface area contributed by atoms with Crippen LogP contribution in [0.5, 0.6) is 0 Å². The summed E-state index contributed by atoms with van der Waals surface area (Å²) < 4.78 is 0. The molecule has 0 fully saturated rings. The molecule has 0 aliphatic heterocycles. The lowest BCUT2D eigenvalue weighted by atomic mass is 10.1. The molecular weight excluding hydrogens is 294 g/mol. The van der Waals surface area contributed by atoms with Crippen LogP contribution in [0.25, 0.3) is 0 Å². The molecule has 20 heavy (non-hydrogen) atoms. The van der Waals surface area contributed by atoms with Crippen molar-refractivity contribution in [1.29, 1.82) is 0 Å². The van der Waals surface area contributed by atoms with E-state index in [0.717, 1.165) is 21.0 Å². The molecule has 1 heterocycles. The van der Waals surface area contributed by atoms with Crippen LogP contribution in [0.2, 0.25) is 5.02 Å². The maximum absolute atomic E-state index is 10.9. The Morgan fingerprint density at radius 1 is 1.45 bits per heavy atom. The largest absolute Gasteiger partial charge is 0.477 e. The Hall–Kier alpha value is -1.36. The number of aryl methyl sites for hydroxylation is 1. The Morgan fingerprint density at radius 3 is 2.80 bits per heavy atom. The van der Waals surface area contributed by atoms with Crippen LogP contribution in [0.15, 0.2) is 30.3 Å². The second-order valence-corrected chi connectivity index (χ2v) is 6.35. The van der Waals surface area contributed by atoms with E-state index in [9.17, 15) is 4.79 Å². The van der Waals surface area contributed by atoms with Gasteiger partial charge < -0.3 is 10.4 Å². The maximum Gasteiger partial charge on any atom is 0.345 e. The first kappa shape index (κ1) is 15.0. The van der Waals surface area contributed by atoms with Gasteiger partial charge in [-0.15, -0.1) is 11.3 Å². The molecule has 0 aliphatic carbocycles. The Balaban J connectivity index is 2.03. The fourth-order valence-electron chi connectivity index (χ4n) is 1.96. The van der Waals surface area contributed by atoms with Gasteiger partial charge in [-0.3, -0.25) is 0 Å². The van der Waals surface area contributed by atoms with Gasteiger partial charge in [0, 0.05) is 22.5 Å². The number of hydrogen-bond donors (Lipinski definition) is 2. The molecular formula is C15H16ClNO2S. The monoisotopic (exact) mass is 309 g/mol. The summed E-state index contributed by atoms with van der Waals surface area (Å²) in [6, 6.07) is 9.62. The standard InChI is InChI=1S/C15H16ClNO2S/c1-9(11-4-3-5-13(16)6-11)17-8-12-7-14(15(18)19)20-10(12)2/h3-7,9,17H,8H2,1-2H3,(H,18,19)/t9-/m1/s1. The van der Waals surface area contributed by atoms with Gasteiger partial charge in [-0.25, -0.2) is 4.79 Å². The van der Waals surface area contributed by atoms with Crippen LogP contribution < -0.4 is 5.32 Å². The normalized spacial score (nSPS) is 12.3. The first-order chi connectivity index (χ1) is 9.47. The van der Waals surface area contributed by atoms with Gasteiger partial charge >= 0.3 is 5.97 Å². The first-order valence-electron chi connectivity index (χ1n) is 6.29. The molecule has 0 bridgehead atoms. The zero-order valence-corrected chi connectivity index (χ0v) is 12.9. The molecule has 1 atom stereocenters. The van der Waals surface area contributed by atoms with E-state index in [1.54, 1.807) is 6.07 Å². The van der Waals surface area contributed by atoms with E-state index in [-0.39, 0.29) is 6.04 Å². The van der Waals surface area contributed by atoms with Crippen molar-refractivity contribution in [2.75, 3.05) is 0 Å². The molecule has 0 saturated heterocycles. The van der Waals surface area contributed by atoms with Crippen molar-refractivity contribution in [2.45, 2.75) is 26.4 Å². The van der Waals surface area contributed by atoms with Gasteiger partial charge in [-0.1, -0.05) is 23.7 Å². The van der Waals surface area contributed by atoms with Gasteiger partial charge in [-0.2, -0.15) is 0 Å². The van der Waals surface area contributed by atoms with E-state index in [4.69, 9.17) is 16.7 Å². The van der Waals surface area contributed by atoms with E-state index in [0.29, 0.717) is 11.4 Å². The van der Waals surface area contributed by atoms with Crippen molar-refractivity contribution in [3.63, 3.8) is 0 Å². The Bertz CT molecular complexity index is 624. The number of carboxylic acids is 1. The quantitative estimate of drug-likeness (QED) is 0.867. The Kier molecular flexibility index (Phi) is 4.81. The molecule has 3 nitrogen and oxygen atoms in total. The number of hydrogen-bond acceptors (Lipinski definition) is 3. The Morgan fingerprint density at radius 2 is 2.20 bits per heavy atom. The summed E-state index contributed by atoms with van der Waals surface area (Å²) >= 11 is 7.29. The maximum atomic E-state index is 10.9. The molecule has 1 aromatic heterocycles. The topological polar surface area (TPSA) is 49.3 Å². The zero-order chi connectivity index (χ0) is 14.7. The molecule has 2 aromatic rings. The van der Waals surface area contributed by atoms with E-state index in [2.05, 4.69) is 12.2 Å². The lowest BCUT2D eigenvalue weighted by molar-refractivity contribution is 0.0702. The second kappa shape index (κ2) is 6.39. The fourth-order valence-corrected chi connectivity index (χ4v) is 3.04. The molecule has 5 heteroatoms. The highest BCUT2D eigenvalue weighted by Crippen LogP contribution is 2.23. The molecule has 106 valence electrons. The van der Waals surface area contributed by atoms with Crippen molar-refractivity contribution >= 4 is 28.9 Å². The first-order valence-corrected chi connectivity index (χ1v) is 7.48. The predicted molar refractivity (Wildman–Crippen MR) is 82.7 cm³/mol. The minimum absolute atomic E-state index is 0.154. The molecule has 0 aliphatic rings. The van der Waals surface area contributed by atoms with Crippen LogP contribution in [0.3, 0.4) is 0 Å². The molecule has 0 unspecified atom stereocenters. The van der Waals surface area contributed by atoms with Crippen molar-refractivity contribution in [2.24, 2.45) is 0 Å². The molecule has 0 amide bonds. The highest BCUT2D eigenvalue weighted by molar-refractivity contribution is 7.14. The minimum atomic E-state index is -0.868. The van der Waals surface area contributed by atoms with Crippen LogP contribution in [-0.2, 0) is 6.54 Å². The number of carbonyl (C=O) groups is 1. The molecule has 2 N–H and O–H groups in total. The summed E-state index contributed by atoms with van der Waals surface area (Å²) in [5.41, 5.74) is 2.14. The van der Waals surface area contributed by atoms with Crippen LogP contribution in [-0.4, -0.2) is 11.1 Å². The van der Waals surface area contributed by atoms with Crippen molar-refractivity contribution in [3.8, 4) is 0 Å². The Labute approximate surface area is 127 Å². The van der Waals surface area contributed by atoms with Gasteiger partial charge in [-0.05, 0) is 43.2 Å². The van der Waals surface area contributed by atoms with Gasteiger partial charge in [0.25, 0.3) is 0 Å². The van der Waals surface area contributed by atoms with Crippen LogP contribution in [0.4, 0.5) is 0 Å². The van der Waals surface area contributed by atoms with Crippen LogP contribution >= 0.6 is 22.9 Å². The van der Waals surface area contributed by atoms with Crippen LogP contribution in [0.1, 0.15) is 38.6 Å². The summed E-state index contributed by atoms with van der Waals surface area (Å²) in [6.45, 7) is 4.65. The smallest absolute Gasteiger partial charge is 0.345 e. The van der Waals surface area contributed by atoms with E-state index < -0.39 is 5.97 Å². The number of halogens is 1. The third-order valence-electron chi connectivity index (χ3n) is 3.18. The number of carboxylic acid groups (broad SMARTS) is 1. The average Bonchev–Trinajstić information content (AvgIpc) is 2.77. The van der Waals surface area contributed by atoms with Crippen molar-refractivity contribution in [3.05, 3.63) is 56.2 Å². The van der Waals surface area contributed by atoms with E-state index >= 15 is 0 Å². The van der Waals surface area contributed by atoms with Crippen LogP contribution in [0, 0.1) is 6.92 Å². The van der Waals surface area contributed by atoms with Crippen molar-refractivity contribution < 1.29 is 9.90 Å². The summed E-state index contributed by atoms with van der Waals surface area (Å²) in [6.07, 6.45) is 0. The SMILES string of the molecule is Cc1sc(C(=O)O)cc1CN[C@H](C)c1cccc(Cl)c1. The summed E-state index contributed by atoms with van der Waals surface area (Å²) in [5.74, 6) is -0.868. The minimum Gasteiger partial charge on any atom is -0.477 e. The number of nitrogens with one attached hydrogen (secondary N) is 1. The summed E-state index contributed by atoms with van der Waals surface area (Å²) in [7, 11) is 0. The summed E-state index contributed by atoms with van der Waals surface area (Å²) in [4.78, 5) is 12.4. The third kappa shape index (κ3) is 3.60. The highest BCUT2D eigenvalue weighted by Gasteiger charge is 2.12. The predicted octanol–water partition coefficient (Wildman–Crippen LogP) is 4.26. The number of rotatable bonds is 5. The molecule has 0 spiro atoms. The second-order valence-electron chi connectivity index (χ2n) is 4.65. The molecule has 0 saturated carbocycles. The van der Waals surface area contributed by atoms with E-state index in [1.807, 2.05) is 31.2 Å². The lowest BCUT2D eigenvalue weighted by Gasteiger charge is -2.14. The lowest BCUT2D eigenvalue weighted by Crippen LogP contribution is -2.18. The fraction of sp³-hybridized carbons (Fsp3) is 0.267. The zero-order valence-electron chi connectivity index (χ0n) is 11.3. The molecule has 1 aromatic carbocycles. The highest BCUT2D eigenvalue weighted by atomic mass is 35.5. The number of aromatic carboxylic acids is 1. The number of thiophene rings is 1. The van der Waals surface area contributed by atoms with Gasteiger partial charge in [0.15, 0.2) is 0 Å². The summed E-state index contributed by atoms with van der Waals surface area (Å²) in [5, 5.41) is 13.1. The molecule has 2 rings (SSSR count). The van der Waals surface area contributed by atoms with Crippen molar-refractivity contribution in [1.82, 2.24) is 5.32 Å². The van der Waals surface area contributed by atoms with Gasteiger partial charge in [0.1, 0.15) is 4.88 Å². The average molecular weight is 310 g/mol. The molecule has 0 radical (unpaired) electrons.